The molecule has 0 unspecified atom stereocenters. The van der Waals surface area contributed by atoms with Crippen molar-refractivity contribution in [1.29, 1.82) is 0 Å². The average Bonchev–Trinajstić information content (AvgIpc) is 2.82. The van der Waals surface area contributed by atoms with Gasteiger partial charge in [-0.1, -0.05) is 10.3 Å². The number of rotatable bonds is 6. The summed E-state index contributed by atoms with van der Waals surface area (Å²) in [4.78, 5) is 10.5. The minimum Gasteiger partial charge on any atom is -0.480 e. The molecule has 0 radical (unpaired) electrons. The zero-order valence-corrected chi connectivity index (χ0v) is 13.0. The number of carbonyl (C=O) groups is 1. The molecule has 0 aliphatic carbocycles. The lowest BCUT2D eigenvalue weighted by molar-refractivity contribution is -0.659. The van der Waals surface area contributed by atoms with E-state index in [0.29, 0.717) is 17.3 Å². The smallest absolute Gasteiger partial charge is 0.403 e. The Balaban J connectivity index is 2.02. The highest BCUT2D eigenvalue weighted by Gasteiger charge is 2.11. The largest absolute Gasteiger partial charge is 0.480 e. The van der Waals surface area contributed by atoms with Crippen molar-refractivity contribution in [1.82, 2.24) is 14.8 Å². The van der Waals surface area contributed by atoms with Gasteiger partial charge in [0, 0.05) is 12.2 Å². The fourth-order valence-electron chi connectivity index (χ4n) is 1.67. The predicted octanol–water partition coefficient (Wildman–Crippen LogP) is 1.68. The van der Waals surface area contributed by atoms with E-state index in [4.69, 9.17) is 5.11 Å². The lowest BCUT2D eigenvalue weighted by Crippen LogP contribution is -2.25. The van der Waals surface area contributed by atoms with Crippen LogP contribution in [0.15, 0.2) is 51.2 Å². The maximum atomic E-state index is 10.5. The van der Waals surface area contributed by atoms with Gasteiger partial charge in [-0.3, -0.25) is 9.80 Å². The monoisotopic (exact) mass is 317 g/mol. The molecule has 1 heterocycles. The standard InChI is InChI=1S/C13H16N8O2/c1-19-9-14-21(3)13(19)17-15-10-4-6-11(7-5-10)16-18-20(2)8-12(22)23/h4-7,9H,8H2,1-3H3/p+1. The number of benzene rings is 1. The Morgan fingerprint density at radius 2 is 1.87 bits per heavy atom. The molecule has 1 aromatic heterocycles. The van der Waals surface area contributed by atoms with Crippen LogP contribution in [0.4, 0.5) is 17.3 Å². The van der Waals surface area contributed by atoms with Crippen LogP contribution in [0.25, 0.3) is 0 Å². The third kappa shape index (κ3) is 4.66. The number of carboxylic acid groups (broad SMARTS) is 1. The number of aromatic nitrogens is 3. The molecule has 1 aromatic carbocycles. The zero-order valence-electron chi connectivity index (χ0n) is 13.0. The van der Waals surface area contributed by atoms with Crippen LogP contribution in [-0.2, 0) is 18.9 Å². The maximum Gasteiger partial charge on any atom is 0.403 e. The van der Waals surface area contributed by atoms with Crippen molar-refractivity contribution < 1.29 is 14.5 Å². The first-order valence-electron chi connectivity index (χ1n) is 6.69. The van der Waals surface area contributed by atoms with Gasteiger partial charge in [0.05, 0.1) is 25.5 Å². The Morgan fingerprint density at radius 3 is 2.39 bits per heavy atom. The van der Waals surface area contributed by atoms with Crippen LogP contribution in [0, 0.1) is 0 Å². The van der Waals surface area contributed by atoms with Gasteiger partial charge in [-0.2, -0.15) is 0 Å². The van der Waals surface area contributed by atoms with Gasteiger partial charge >= 0.3 is 11.9 Å². The molecule has 1 N–H and O–H groups in total. The minimum absolute atomic E-state index is 0.211. The number of hydrogen-bond acceptors (Lipinski definition) is 6. The van der Waals surface area contributed by atoms with Crippen LogP contribution in [0.2, 0.25) is 0 Å². The van der Waals surface area contributed by atoms with Crippen molar-refractivity contribution >= 4 is 23.3 Å². The van der Waals surface area contributed by atoms with E-state index in [1.54, 1.807) is 46.9 Å². The first-order valence-corrected chi connectivity index (χ1v) is 6.69. The highest BCUT2D eigenvalue weighted by atomic mass is 16.4. The Bertz CT molecular complexity index is 715. The van der Waals surface area contributed by atoms with Crippen LogP contribution < -0.4 is 4.57 Å². The Hall–Kier alpha value is -3.17. The summed E-state index contributed by atoms with van der Waals surface area (Å²) < 4.78 is 3.37. The number of likely N-dealkylation sites (N-methyl/N-ethyl adjacent to an activating group) is 1. The van der Waals surface area contributed by atoms with Gasteiger partial charge in [0.15, 0.2) is 0 Å². The van der Waals surface area contributed by atoms with Crippen LogP contribution in [0.3, 0.4) is 0 Å². The van der Waals surface area contributed by atoms with E-state index in [1.165, 1.54) is 12.1 Å². The van der Waals surface area contributed by atoms with Gasteiger partial charge in [0.25, 0.3) is 0 Å². The number of aryl methyl sites for hydroxylation is 2. The lowest BCUT2D eigenvalue weighted by atomic mass is 10.3. The highest BCUT2D eigenvalue weighted by molar-refractivity contribution is 5.68. The van der Waals surface area contributed by atoms with Gasteiger partial charge in [-0.25, -0.2) is 4.57 Å². The summed E-state index contributed by atoms with van der Waals surface area (Å²) in [6.45, 7) is -0.211. The van der Waals surface area contributed by atoms with E-state index in [2.05, 4.69) is 25.7 Å². The lowest BCUT2D eigenvalue weighted by Gasteiger charge is -2.06. The molecule has 0 saturated heterocycles. The zero-order chi connectivity index (χ0) is 16.8. The third-order valence-electron chi connectivity index (χ3n) is 2.78. The fourth-order valence-corrected chi connectivity index (χ4v) is 1.67. The number of aliphatic carboxylic acids is 1. The minimum atomic E-state index is -0.967. The SMILES string of the molecule is CN(CC(=O)O)N=Nc1ccc(N=Nc2n(C)nc[n+]2C)cc1. The summed E-state index contributed by atoms with van der Waals surface area (Å²) in [5.41, 5.74) is 1.25. The van der Waals surface area contributed by atoms with Gasteiger partial charge in [0.2, 0.25) is 6.33 Å². The summed E-state index contributed by atoms with van der Waals surface area (Å²) in [5.74, 6) is -0.352. The summed E-state index contributed by atoms with van der Waals surface area (Å²) in [6, 6.07) is 6.92. The maximum absolute atomic E-state index is 10.5. The number of carboxylic acids is 1. The Morgan fingerprint density at radius 1 is 1.26 bits per heavy atom. The van der Waals surface area contributed by atoms with Crippen molar-refractivity contribution in [2.45, 2.75) is 0 Å². The molecular formula is C13H17N8O2+. The molecule has 120 valence electrons. The van der Waals surface area contributed by atoms with Gasteiger partial charge in [-0.15, -0.1) is 9.80 Å². The molecule has 0 aliphatic heterocycles. The van der Waals surface area contributed by atoms with Gasteiger partial charge in [0.1, 0.15) is 6.54 Å². The average molecular weight is 317 g/mol. The second-order valence-corrected chi connectivity index (χ2v) is 4.78. The first-order chi connectivity index (χ1) is 11.0. The van der Waals surface area contributed by atoms with Crippen molar-refractivity contribution in [2.24, 2.45) is 34.7 Å². The number of nitrogens with zero attached hydrogens (tertiary/aromatic N) is 8. The molecule has 0 fully saturated rings. The second kappa shape index (κ2) is 7.20. The molecule has 23 heavy (non-hydrogen) atoms. The summed E-state index contributed by atoms with van der Waals surface area (Å²) in [5, 5.41) is 29.9. The number of hydrogen-bond donors (Lipinski definition) is 1. The summed E-state index contributed by atoms with van der Waals surface area (Å²) in [6.07, 6.45) is 1.64. The number of azo groups is 1. The van der Waals surface area contributed by atoms with Crippen LogP contribution in [0.5, 0.6) is 0 Å². The van der Waals surface area contributed by atoms with Crippen molar-refractivity contribution in [3.63, 3.8) is 0 Å². The summed E-state index contributed by atoms with van der Waals surface area (Å²) >= 11 is 0. The molecule has 0 saturated carbocycles. The molecule has 0 atom stereocenters. The quantitative estimate of drug-likeness (QED) is 0.496. The molecule has 0 bridgehead atoms. The van der Waals surface area contributed by atoms with E-state index in [9.17, 15) is 4.79 Å². The van der Waals surface area contributed by atoms with Gasteiger partial charge < -0.3 is 5.11 Å². The van der Waals surface area contributed by atoms with E-state index in [0.717, 1.165) is 0 Å². The topological polar surface area (TPSA) is 112 Å². The molecule has 2 rings (SSSR count). The van der Waals surface area contributed by atoms with Crippen molar-refractivity contribution in [3.8, 4) is 0 Å². The van der Waals surface area contributed by atoms with E-state index < -0.39 is 5.97 Å². The second-order valence-electron chi connectivity index (χ2n) is 4.78. The van der Waals surface area contributed by atoms with Crippen molar-refractivity contribution in [3.05, 3.63) is 30.6 Å². The van der Waals surface area contributed by atoms with E-state index in [1.807, 2.05) is 7.05 Å². The van der Waals surface area contributed by atoms with E-state index >= 15 is 0 Å². The first kappa shape index (κ1) is 16.2. The Kier molecular flexibility index (Phi) is 5.07. The normalized spacial score (nSPS) is 11.4. The summed E-state index contributed by atoms with van der Waals surface area (Å²) in [7, 11) is 5.15. The molecule has 0 aliphatic rings. The van der Waals surface area contributed by atoms with Crippen LogP contribution >= 0.6 is 0 Å². The predicted molar refractivity (Wildman–Crippen MR) is 79.8 cm³/mol. The molecule has 0 spiro atoms. The van der Waals surface area contributed by atoms with E-state index in [-0.39, 0.29) is 6.54 Å². The fraction of sp³-hybridized carbons (Fsp3) is 0.308. The molecule has 10 heteroatoms. The van der Waals surface area contributed by atoms with Crippen molar-refractivity contribution in [2.75, 3.05) is 13.6 Å². The van der Waals surface area contributed by atoms with Crippen LogP contribution in [-0.4, -0.2) is 39.5 Å². The molecule has 0 amide bonds. The Labute approximate surface area is 132 Å². The molecular weight excluding hydrogens is 300 g/mol. The molecule has 2 aromatic rings. The molecule has 10 nitrogen and oxygen atoms in total. The highest BCUT2D eigenvalue weighted by Crippen LogP contribution is 2.20. The third-order valence-corrected chi connectivity index (χ3v) is 2.78. The van der Waals surface area contributed by atoms with Gasteiger partial charge in [-0.05, 0) is 29.4 Å². The van der Waals surface area contributed by atoms with Crippen LogP contribution in [0.1, 0.15) is 0 Å².